The summed E-state index contributed by atoms with van der Waals surface area (Å²) in [5, 5.41) is 12.7. The van der Waals surface area contributed by atoms with Gasteiger partial charge in [0.15, 0.2) is 0 Å². The van der Waals surface area contributed by atoms with Crippen LogP contribution in [0.25, 0.3) is 53.9 Å². The number of fused-ring (bicyclic) bond motifs is 5. The average Bonchev–Trinajstić information content (AvgIpc) is 0.912. The van der Waals surface area contributed by atoms with E-state index in [2.05, 4.69) is 236 Å². The van der Waals surface area contributed by atoms with Gasteiger partial charge in [-0.15, -0.1) is 0 Å². The highest BCUT2D eigenvalue weighted by atomic mass is 79.9. The average molecular weight is 1670 g/mol. The molecule has 0 N–H and O–H groups in total. The second kappa shape index (κ2) is 40.4. The summed E-state index contributed by atoms with van der Waals surface area (Å²) in [5.74, 6) is 3.77. The Morgan fingerprint density at radius 3 is 1.06 bits per heavy atom. The van der Waals surface area contributed by atoms with Crippen molar-refractivity contribution in [3.05, 3.63) is 231 Å². The number of halogens is 1. The highest BCUT2D eigenvalue weighted by molar-refractivity contribution is 9.10. The molecule has 11 nitrogen and oxygen atoms in total. The molecule has 20 rings (SSSR count). The molecule has 5 aliphatic heterocycles. The number of hydrogen-bond acceptors (Lipinski definition) is 6. The van der Waals surface area contributed by atoms with Crippen molar-refractivity contribution >= 4 is 99.3 Å². The van der Waals surface area contributed by atoms with Crippen molar-refractivity contribution in [2.75, 3.05) is 39.8 Å². The van der Waals surface area contributed by atoms with Crippen LogP contribution >= 0.6 is 15.9 Å². The van der Waals surface area contributed by atoms with Gasteiger partial charge in [-0.2, -0.15) is 0 Å². The first-order valence-electron chi connectivity index (χ1n) is 46.9. The van der Waals surface area contributed by atoms with E-state index in [9.17, 15) is 24.0 Å². The summed E-state index contributed by atoms with van der Waals surface area (Å²) in [6.45, 7) is 9.24. The number of carbonyl (C=O) groups is 5. The molecule has 630 valence electrons. The highest BCUT2D eigenvalue weighted by Gasteiger charge is 2.42. The van der Waals surface area contributed by atoms with E-state index in [-0.39, 0.29) is 29.6 Å². The number of amides is 5. The number of carbonyl (C=O) groups excluding carboxylic acids is 5. The normalized spacial score (nSPS) is 22.4. The van der Waals surface area contributed by atoms with Gasteiger partial charge in [-0.1, -0.05) is 272 Å². The third kappa shape index (κ3) is 20.1. The molecule has 5 saturated heterocycles. The van der Waals surface area contributed by atoms with E-state index in [1.807, 2.05) is 6.07 Å². The summed E-state index contributed by atoms with van der Waals surface area (Å²) in [6.07, 6.45) is 41.3. The molecule has 5 aliphatic carbocycles. The van der Waals surface area contributed by atoms with Crippen molar-refractivity contribution in [1.29, 1.82) is 0 Å². The molecular weight excluding hydrogens is 1540 g/mol. The minimum absolute atomic E-state index is 0.157. The second-order valence-corrected chi connectivity index (χ2v) is 38.0. The molecule has 0 spiro atoms. The third-order valence-corrected chi connectivity index (χ3v) is 30.5. The summed E-state index contributed by atoms with van der Waals surface area (Å²) < 4.78 is 6.45. The predicted octanol–water partition coefficient (Wildman–Crippen LogP) is 24.2. The van der Waals surface area contributed by atoms with Crippen LogP contribution in [-0.4, -0.2) is 124 Å². The summed E-state index contributed by atoms with van der Waals surface area (Å²) in [6, 6.07) is 69.1. The Morgan fingerprint density at radius 2 is 0.608 bits per heavy atom. The van der Waals surface area contributed by atoms with Gasteiger partial charge in [0.1, 0.15) is 5.75 Å². The Kier molecular flexibility index (Phi) is 28.5. The van der Waals surface area contributed by atoms with Gasteiger partial charge >= 0.3 is 0 Å². The zero-order chi connectivity index (χ0) is 82.4. The van der Waals surface area contributed by atoms with Gasteiger partial charge in [-0.05, 0) is 263 Å². The fourth-order valence-electron chi connectivity index (χ4n) is 22.7. The summed E-state index contributed by atoms with van der Waals surface area (Å²) in [4.78, 5) is 75.4. The fraction of sp³-hybridized carbons (Fsp3) is 0.491. The summed E-state index contributed by atoms with van der Waals surface area (Å²) >= 11 is 3.78. The highest BCUT2D eigenvalue weighted by Crippen LogP contribution is 2.40. The van der Waals surface area contributed by atoms with Gasteiger partial charge in [0.05, 0.1) is 7.11 Å². The van der Waals surface area contributed by atoms with Crippen LogP contribution in [0.2, 0.25) is 0 Å². The number of benzene rings is 10. The van der Waals surface area contributed by atoms with E-state index in [1.165, 1.54) is 253 Å². The largest absolute Gasteiger partial charge is 0.497 e. The van der Waals surface area contributed by atoms with Crippen molar-refractivity contribution in [1.82, 2.24) is 24.5 Å². The summed E-state index contributed by atoms with van der Waals surface area (Å²) in [7, 11) is 1.69. The molecule has 0 bridgehead atoms. The van der Waals surface area contributed by atoms with Crippen LogP contribution in [0.1, 0.15) is 232 Å². The van der Waals surface area contributed by atoms with E-state index >= 15 is 0 Å². The first-order valence-corrected chi connectivity index (χ1v) is 47.7. The molecule has 5 amide bonds. The van der Waals surface area contributed by atoms with Crippen molar-refractivity contribution in [3.63, 3.8) is 0 Å². The molecule has 0 radical (unpaired) electrons. The smallest absolute Gasteiger partial charge is 0.226 e. The van der Waals surface area contributed by atoms with Crippen LogP contribution in [0.15, 0.2) is 193 Å². The molecule has 5 saturated carbocycles. The molecule has 0 aromatic heterocycles. The number of rotatable bonds is 16. The van der Waals surface area contributed by atoms with Crippen molar-refractivity contribution < 1.29 is 28.7 Å². The van der Waals surface area contributed by atoms with Gasteiger partial charge in [0.2, 0.25) is 29.5 Å². The maximum Gasteiger partial charge on any atom is 0.226 e. The molecule has 5 unspecified atom stereocenters. The lowest BCUT2D eigenvalue weighted by Gasteiger charge is -2.31. The standard InChI is InChI=1S/C23H29NO.C22H27NO2.C21H24BrNO.2C21H25NO/c1-16-14-19(17(2)22-11-7-6-10-21(16)22)15-18-12-13-24(23(18)25)20-8-4-3-5-9-20;1-25-21-10-9-17-13-16(7-8-18(17)15-21)14-19-11-12-23(22(19)24)20-5-3-2-4-6-20;22-20-16(11-10-15-6-4-5-9-19(15)20)14-17-12-13-23(21(17)24)18-7-2-1-3-8-18;23-21-18(13-14-22(21)19-10-2-1-3-11-19)15-17-9-6-8-16-7-4-5-12-20(16)17;23-21-19(12-13-22(21)20-8-2-1-3-9-20)15-16-10-11-17-6-4-5-7-18(17)14-16/h6-7,10-11,14,18,20H,3-5,8-9,12-13,15H2,1-2H3;7-10,13,15,19-20H,2-6,11-12,14H2,1H3;4-6,9-11,17-18H,1-3,7-8,12-14H2;4-9,12,18-19H,1-3,10-11,13-15H2;4-7,10-11,14,19-20H,1-3,8-9,12-13,15H2. The van der Waals surface area contributed by atoms with E-state index in [0.29, 0.717) is 59.7 Å². The van der Waals surface area contributed by atoms with Crippen LogP contribution in [-0.2, 0) is 56.1 Å². The van der Waals surface area contributed by atoms with Crippen molar-refractivity contribution in [2.24, 2.45) is 29.6 Å². The topological polar surface area (TPSA) is 111 Å². The maximum atomic E-state index is 13.0. The van der Waals surface area contributed by atoms with Gasteiger partial charge in [0, 0.05) is 97.0 Å². The first kappa shape index (κ1) is 84.7. The van der Waals surface area contributed by atoms with Crippen LogP contribution < -0.4 is 4.74 Å². The van der Waals surface area contributed by atoms with E-state index < -0.39 is 0 Å². The van der Waals surface area contributed by atoms with Crippen LogP contribution in [0.5, 0.6) is 5.75 Å². The second-order valence-electron chi connectivity index (χ2n) is 37.2. The minimum Gasteiger partial charge on any atom is -0.497 e. The molecule has 10 aromatic rings. The number of ether oxygens (including phenoxy) is 1. The Labute approximate surface area is 723 Å². The lowest BCUT2D eigenvalue weighted by atomic mass is 9.89. The number of aryl methyl sites for hydroxylation is 2. The number of likely N-dealkylation sites (tertiary alicyclic amines) is 5. The lowest BCUT2D eigenvalue weighted by Crippen LogP contribution is -2.39. The fourth-order valence-corrected chi connectivity index (χ4v) is 23.3. The molecule has 10 aromatic carbocycles. The molecule has 5 atom stereocenters. The van der Waals surface area contributed by atoms with E-state index in [4.69, 9.17) is 4.74 Å². The zero-order valence-corrected chi connectivity index (χ0v) is 73.6. The maximum absolute atomic E-state index is 13.0. The van der Waals surface area contributed by atoms with Gasteiger partial charge in [0.25, 0.3) is 0 Å². The quantitative estimate of drug-likeness (QED) is 0.0953. The molecule has 5 heterocycles. The Morgan fingerprint density at radius 1 is 0.283 bits per heavy atom. The van der Waals surface area contributed by atoms with Crippen molar-refractivity contribution in [2.45, 2.75) is 269 Å². The Bertz CT molecular complexity index is 5190. The number of methoxy groups -OCH3 is 1. The first-order chi connectivity index (χ1) is 58.8. The molecular formula is C108H130BrN5O6. The predicted molar refractivity (Wildman–Crippen MR) is 495 cm³/mol. The lowest BCUT2D eigenvalue weighted by molar-refractivity contribution is -0.134. The van der Waals surface area contributed by atoms with Crippen molar-refractivity contribution in [3.8, 4) is 5.75 Å². The van der Waals surface area contributed by atoms with Gasteiger partial charge < -0.3 is 29.2 Å². The van der Waals surface area contributed by atoms with Crippen LogP contribution in [0.4, 0.5) is 0 Å². The summed E-state index contributed by atoms with van der Waals surface area (Å²) in [5.41, 5.74) is 9.19. The van der Waals surface area contributed by atoms with E-state index in [0.717, 1.165) is 107 Å². The monoisotopic (exact) mass is 1670 g/mol. The Hall–Kier alpha value is -8.87. The minimum atomic E-state index is 0.157. The van der Waals surface area contributed by atoms with E-state index in [1.54, 1.807) is 7.11 Å². The zero-order valence-electron chi connectivity index (χ0n) is 72.0. The molecule has 10 fully saturated rings. The van der Waals surface area contributed by atoms with Crippen LogP contribution in [0.3, 0.4) is 0 Å². The van der Waals surface area contributed by atoms with Gasteiger partial charge in [-0.25, -0.2) is 0 Å². The van der Waals surface area contributed by atoms with Crippen LogP contribution in [0, 0.1) is 43.4 Å². The van der Waals surface area contributed by atoms with Gasteiger partial charge in [-0.3, -0.25) is 24.0 Å². The molecule has 12 heteroatoms. The number of nitrogens with zero attached hydrogens (tertiary/aromatic N) is 5. The SMILES string of the molecule is COc1ccc2cc(CC3CCN(C4CCCCC4)C3=O)ccc2c1.Cc1cc(CC2CCN(C3CCCCC3)C2=O)c(C)c2ccccc12.O=C1C(Cc2ccc3ccccc3c2)CCN1C1CCCCC1.O=C1C(Cc2ccc3ccccc3c2Br)CCN1C1CCCCC1.O=C1C(Cc2cccc3ccccc23)CCN1C1CCCCC1. The number of hydrogen-bond donors (Lipinski definition) is 0. The molecule has 120 heavy (non-hydrogen) atoms. The third-order valence-electron chi connectivity index (χ3n) is 29.6. The Balaban J connectivity index is 0.000000112. The molecule has 10 aliphatic rings.